The molecule has 0 amide bonds. The van der Waals surface area contributed by atoms with Gasteiger partial charge in [-0.05, 0) is 19.4 Å². The van der Waals surface area contributed by atoms with Crippen LogP contribution in [0.5, 0.6) is 0 Å². The lowest BCUT2D eigenvalue weighted by atomic mass is 9.96. The van der Waals surface area contributed by atoms with Crippen molar-refractivity contribution in [1.29, 1.82) is 5.26 Å². The van der Waals surface area contributed by atoms with Gasteiger partial charge in [-0.1, -0.05) is 29.8 Å². The smallest absolute Gasteiger partial charge is 0.151 e. The van der Waals surface area contributed by atoms with Crippen molar-refractivity contribution in [3.8, 4) is 6.07 Å². The maximum Gasteiger partial charge on any atom is 0.151 e. The second kappa shape index (κ2) is 3.86. The molecule has 66 valence electrons. The minimum atomic E-state index is -0.611. The molecule has 0 radical (unpaired) electrons. The molecule has 0 saturated heterocycles. The van der Waals surface area contributed by atoms with Crippen LogP contribution >= 0.6 is 0 Å². The van der Waals surface area contributed by atoms with E-state index >= 15 is 0 Å². The summed E-state index contributed by atoms with van der Waals surface area (Å²) in [5.41, 5.74) is 1.91. The van der Waals surface area contributed by atoms with Gasteiger partial charge in [0.15, 0.2) is 5.78 Å². The van der Waals surface area contributed by atoms with E-state index in [1.54, 1.807) is 0 Å². The SMILES string of the molecule is CC(=O)[C@@H](C#N)c1ccc(C)cc1. The molecule has 0 aliphatic rings. The predicted octanol–water partition coefficient (Wildman–Crippen LogP) is 2.19. The summed E-state index contributed by atoms with van der Waals surface area (Å²) in [7, 11) is 0. The average Bonchev–Trinajstić information content (AvgIpc) is 2.09. The van der Waals surface area contributed by atoms with Crippen LogP contribution in [0.25, 0.3) is 0 Å². The summed E-state index contributed by atoms with van der Waals surface area (Å²) in [5, 5.41) is 8.75. The van der Waals surface area contributed by atoms with Crippen molar-refractivity contribution < 1.29 is 4.79 Å². The molecule has 1 atom stereocenters. The average molecular weight is 173 g/mol. The van der Waals surface area contributed by atoms with Gasteiger partial charge in [0.1, 0.15) is 5.92 Å². The van der Waals surface area contributed by atoms with Crippen LogP contribution in [0.3, 0.4) is 0 Å². The molecule has 1 rings (SSSR count). The summed E-state index contributed by atoms with van der Waals surface area (Å²) >= 11 is 0. The van der Waals surface area contributed by atoms with E-state index in [2.05, 4.69) is 0 Å². The van der Waals surface area contributed by atoms with Crippen molar-refractivity contribution in [2.45, 2.75) is 19.8 Å². The number of rotatable bonds is 2. The van der Waals surface area contributed by atoms with Crippen molar-refractivity contribution in [3.05, 3.63) is 35.4 Å². The molecule has 2 heteroatoms. The van der Waals surface area contributed by atoms with E-state index < -0.39 is 5.92 Å². The number of Topliss-reactive ketones (excluding diaryl/α,β-unsaturated/α-hetero) is 1. The normalized spacial score (nSPS) is 11.8. The van der Waals surface area contributed by atoms with Crippen LogP contribution in [-0.4, -0.2) is 5.78 Å². The fourth-order valence-electron chi connectivity index (χ4n) is 1.16. The zero-order chi connectivity index (χ0) is 9.84. The minimum absolute atomic E-state index is 0.105. The molecule has 0 aromatic heterocycles. The van der Waals surface area contributed by atoms with Gasteiger partial charge in [0.25, 0.3) is 0 Å². The highest BCUT2D eigenvalue weighted by atomic mass is 16.1. The van der Waals surface area contributed by atoms with Crippen LogP contribution < -0.4 is 0 Å². The van der Waals surface area contributed by atoms with E-state index in [0.717, 1.165) is 11.1 Å². The summed E-state index contributed by atoms with van der Waals surface area (Å²) in [6, 6.07) is 9.45. The van der Waals surface area contributed by atoms with Gasteiger partial charge in [-0.25, -0.2) is 0 Å². The Morgan fingerprint density at radius 2 is 1.92 bits per heavy atom. The molecular formula is C11H11NO. The molecule has 2 nitrogen and oxygen atoms in total. The third kappa shape index (κ3) is 2.16. The maximum atomic E-state index is 11.0. The Balaban J connectivity index is 3.01. The highest BCUT2D eigenvalue weighted by Crippen LogP contribution is 2.16. The highest BCUT2D eigenvalue weighted by Gasteiger charge is 2.14. The second-order valence-corrected chi connectivity index (χ2v) is 3.08. The van der Waals surface area contributed by atoms with Gasteiger partial charge >= 0.3 is 0 Å². The zero-order valence-electron chi connectivity index (χ0n) is 7.74. The zero-order valence-corrected chi connectivity index (χ0v) is 7.74. The Kier molecular flexibility index (Phi) is 2.81. The lowest BCUT2D eigenvalue weighted by Crippen LogP contribution is -2.05. The summed E-state index contributed by atoms with van der Waals surface area (Å²) in [6.07, 6.45) is 0. The van der Waals surface area contributed by atoms with Crippen molar-refractivity contribution in [1.82, 2.24) is 0 Å². The first-order valence-electron chi connectivity index (χ1n) is 4.12. The van der Waals surface area contributed by atoms with Gasteiger partial charge < -0.3 is 0 Å². The van der Waals surface area contributed by atoms with Crippen molar-refractivity contribution in [2.24, 2.45) is 0 Å². The molecule has 1 aromatic carbocycles. The van der Waals surface area contributed by atoms with Crippen LogP contribution in [0.1, 0.15) is 24.0 Å². The van der Waals surface area contributed by atoms with E-state index in [1.165, 1.54) is 6.92 Å². The molecule has 1 aromatic rings. The van der Waals surface area contributed by atoms with Crippen LogP contribution in [-0.2, 0) is 4.79 Å². The van der Waals surface area contributed by atoms with Gasteiger partial charge in [-0.15, -0.1) is 0 Å². The molecule has 0 N–H and O–H groups in total. The second-order valence-electron chi connectivity index (χ2n) is 3.08. The highest BCUT2D eigenvalue weighted by molar-refractivity contribution is 5.86. The van der Waals surface area contributed by atoms with E-state index in [0.29, 0.717) is 0 Å². The maximum absolute atomic E-state index is 11.0. The van der Waals surface area contributed by atoms with Crippen molar-refractivity contribution in [3.63, 3.8) is 0 Å². The number of hydrogen-bond acceptors (Lipinski definition) is 2. The summed E-state index contributed by atoms with van der Waals surface area (Å²) in [4.78, 5) is 11.0. The van der Waals surface area contributed by atoms with Gasteiger partial charge in [0, 0.05) is 0 Å². The number of ketones is 1. The van der Waals surface area contributed by atoms with E-state index in [1.807, 2.05) is 37.3 Å². The van der Waals surface area contributed by atoms with E-state index in [-0.39, 0.29) is 5.78 Å². The molecule has 0 aliphatic carbocycles. The third-order valence-corrected chi connectivity index (χ3v) is 1.95. The Morgan fingerprint density at radius 3 is 2.31 bits per heavy atom. The van der Waals surface area contributed by atoms with Crippen molar-refractivity contribution in [2.75, 3.05) is 0 Å². The lowest BCUT2D eigenvalue weighted by molar-refractivity contribution is -0.117. The Hall–Kier alpha value is -1.62. The summed E-state index contributed by atoms with van der Waals surface area (Å²) in [5.74, 6) is -0.716. The van der Waals surface area contributed by atoms with Crippen LogP contribution in [0.4, 0.5) is 0 Å². The van der Waals surface area contributed by atoms with Crippen LogP contribution in [0.15, 0.2) is 24.3 Å². The number of nitriles is 1. The Bertz CT molecular complexity index is 345. The number of hydrogen-bond donors (Lipinski definition) is 0. The summed E-state index contributed by atoms with van der Waals surface area (Å²) < 4.78 is 0. The standard InChI is InChI=1S/C11H11NO/c1-8-3-5-10(6-4-8)11(7-12)9(2)13/h3-6,11H,1-2H3/t11-/m1/s1. The van der Waals surface area contributed by atoms with Gasteiger partial charge in [-0.3, -0.25) is 4.79 Å². The Labute approximate surface area is 77.8 Å². The summed E-state index contributed by atoms with van der Waals surface area (Å²) in [6.45, 7) is 3.41. The first-order chi connectivity index (χ1) is 6.15. The largest absolute Gasteiger partial charge is 0.298 e. The fourth-order valence-corrected chi connectivity index (χ4v) is 1.16. The van der Waals surface area contributed by atoms with Crippen molar-refractivity contribution >= 4 is 5.78 Å². The number of benzene rings is 1. The van der Waals surface area contributed by atoms with E-state index in [9.17, 15) is 4.79 Å². The monoisotopic (exact) mass is 173 g/mol. The van der Waals surface area contributed by atoms with E-state index in [4.69, 9.17) is 5.26 Å². The third-order valence-electron chi connectivity index (χ3n) is 1.95. The number of carbonyl (C=O) groups is 1. The van der Waals surface area contributed by atoms with Crippen LogP contribution in [0, 0.1) is 18.3 Å². The number of aryl methyl sites for hydroxylation is 1. The molecule has 0 bridgehead atoms. The lowest BCUT2D eigenvalue weighted by Gasteiger charge is -2.04. The molecule has 13 heavy (non-hydrogen) atoms. The molecule has 0 spiro atoms. The number of carbonyl (C=O) groups excluding carboxylic acids is 1. The van der Waals surface area contributed by atoms with Gasteiger partial charge in [0.05, 0.1) is 6.07 Å². The Morgan fingerprint density at radius 1 is 1.38 bits per heavy atom. The van der Waals surface area contributed by atoms with Gasteiger partial charge in [-0.2, -0.15) is 5.26 Å². The predicted molar refractivity (Wildman–Crippen MR) is 50.2 cm³/mol. The molecule has 0 unspecified atom stereocenters. The molecule has 0 saturated carbocycles. The number of nitrogens with zero attached hydrogens (tertiary/aromatic N) is 1. The molecule has 0 aliphatic heterocycles. The quantitative estimate of drug-likeness (QED) is 0.687. The first-order valence-corrected chi connectivity index (χ1v) is 4.12. The molecule has 0 heterocycles. The minimum Gasteiger partial charge on any atom is -0.298 e. The topological polar surface area (TPSA) is 40.9 Å². The molecular weight excluding hydrogens is 162 g/mol. The first kappa shape index (κ1) is 9.47. The van der Waals surface area contributed by atoms with Crippen LogP contribution in [0.2, 0.25) is 0 Å². The molecule has 0 fully saturated rings. The fraction of sp³-hybridized carbons (Fsp3) is 0.273. The van der Waals surface area contributed by atoms with Gasteiger partial charge in [0.2, 0.25) is 0 Å².